The number of pyridine rings is 1. The van der Waals surface area contributed by atoms with E-state index in [4.69, 9.17) is 5.73 Å². The van der Waals surface area contributed by atoms with Crippen molar-refractivity contribution in [3.63, 3.8) is 0 Å². The Labute approximate surface area is 104 Å². The lowest BCUT2D eigenvalue weighted by atomic mass is 10.0. The maximum absolute atomic E-state index is 6.14. The minimum absolute atomic E-state index is 0.269. The first-order valence-electron chi connectivity index (χ1n) is 5.72. The highest BCUT2D eigenvalue weighted by atomic mass is 15.3. The van der Waals surface area contributed by atoms with Gasteiger partial charge in [0.15, 0.2) is 0 Å². The van der Waals surface area contributed by atoms with Crippen LogP contribution in [0.15, 0.2) is 36.5 Å². The second-order valence-electron chi connectivity index (χ2n) is 4.28. The molecular formula is C13H13N5. The van der Waals surface area contributed by atoms with Gasteiger partial charge < -0.3 is 5.73 Å². The van der Waals surface area contributed by atoms with E-state index in [0.717, 1.165) is 27.9 Å². The molecule has 0 saturated heterocycles. The summed E-state index contributed by atoms with van der Waals surface area (Å²) in [6, 6.07) is 9.78. The molecule has 0 fully saturated rings. The molecule has 0 spiro atoms. The number of aryl methyl sites for hydroxylation is 1. The van der Waals surface area contributed by atoms with Crippen LogP contribution in [0.25, 0.3) is 10.9 Å². The third kappa shape index (κ3) is 1.84. The molecule has 1 atom stereocenters. The van der Waals surface area contributed by atoms with E-state index in [1.54, 1.807) is 6.20 Å². The number of nitrogens with zero attached hydrogens (tertiary/aromatic N) is 3. The van der Waals surface area contributed by atoms with Gasteiger partial charge in [-0.2, -0.15) is 15.4 Å². The van der Waals surface area contributed by atoms with Gasteiger partial charge in [-0.05, 0) is 30.7 Å². The monoisotopic (exact) mass is 239 g/mol. The third-order valence-electron chi connectivity index (χ3n) is 2.96. The summed E-state index contributed by atoms with van der Waals surface area (Å²) in [6.45, 7) is 1.98. The van der Waals surface area contributed by atoms with Crippen LogP contribution in [-0.2, 0) is 0 Å². The molecule has 3 N–H and O–H groups in total. The summed E-state index contributed by atoms with van der Waals surface area (Å²) in [6.07, 6.45) is 1.64. The highest BCUT2D eigenvalue weighted by Crippen LogP contribution is 2.21. The van der Waals surface area contributed by atoms with Gasteiger partial charge in [0.05, 0.1) is 17.8 Å². The first-order valence-corrected chi connectivity index (χ1v) is 5.72. The molecule has 5 nitrogen and oxygen atoms in total. The van der Waals surface area contributed by atoms with E-state index < -0.39 is 0 Å². The van der Waals surface area contributed by atoms with Crippen molar-refractivity contribution in [3.8, 4) is 0 Å². The second kappa shape index (κ2) is 4.19. The zero-order chi connectivity index (χ0) is 12.5. The Hall–Kier alpha value is -2.27. The molecule has 1 aromatic carbocycles. The van der Waals surface area contributed by atoms with Crippen molar-refractivity contribution in [1.29, 1.82) is 0 Å². The van der Waals surface area contributed by atoms with Crippen molar-refractivity contribution in [1.82, 2.24) is 20.4 Å². The number of H-pyrrole nitrogens is 1. The summed E-state index contributed by atoms with van der Waals surface area (Å²) in [5, 5.41) is 11.4. The average Bonchev–Trinajstić information content (AvgIpc) is 2.91. The maximum atomic E-state index is 6.14. The molecule has 18 heavy (non-hydrogen) atoms. The number of rotatable bonds is 2. The number of fused-ring (bicyclic) bond motifs is 1. The minimum Gasteiger partial charge on any atom is -0.319 e. The van der Waals surface area contributed by atoms with Crippen LogP contribution in [-0.4, -0.2) is 20.4 Å². The fourth-order valence-electron chi connectivity index (χ4n) is 1.97. The number of aromatic nitrogens is 4. The van der Waals surface area contributed by atoms with E-state index in [1.165, 1.54) is 0 Å². The first-order chi connectivity index (χ1) is 8.74. The van der Waals surface area contributed by atoms with Gasteiger partial charge in [-0.25, -0.2) is 0 Å². The Morgan fingerprint density at radius 1 is 1.22 bits per heavy atom. The van der Waals surface area contributed by atoms with Crippen LogP contribution >= 0.6 is 0 Å². The Morgan fingerprint density at radius 3 is 2.89 bits per heavy atom. The van der Waals surface area contributed by atoms with Gasteiger partial charge in [-0.3, -0.25) is 4.98 Å². The van der Waals surface area contributed by atoms with Gasteiger partial charge in [0, 0.05) is 11.1 Å². The van der Waals surface area contributed by atoms with Crippen LogP contribution < -0.4 is 5.73 Å². The van der Waals surface area contributed by atoms with Crippen LogP contribution in [0.4, 0.5) is 0 Å². The van der Waals surface area contributed by atoms with Crippen molar-refractivity contribution in [2.24, 2.45) is 5.73 Å². The van der Waals surface area contributed by atoms with E-state index in [-0.39, 0.29) is 6.04 Å². The molecule has 1 unspecified atom stereocenters. The quantitative estimate of drug-likeness (QED) is 0.713. The summed E-state index contributed by atoms with van der Waals surface area (Å²) in [4.78, 5) is 4.46. The summed E-state index contributed by atoms with van der Waals surface area (Å²) in [5.41, 5.74) is 9.86. The van der Waals surface area contributed by atoms with Crippen LogP contribution in [0.1, 0.15) is 23.0 Å². The highest BCUT2D eigenvalue weighted by Gasteiger charge is 2.12. The number of nitrogens with one attached hydrogen (secondary N) is 1. The lowest BCUT2D eigenvalue weighted by molar-refractivity contribution is 0.810. The lowest BCUT2D eigenvalue weighted by Crippen LogP contribution is -2.12. The number of hydrogen-bond donors (Lipinski definition) is 2. The molecule has 90 valence electrons. The number of aromatic amines is 1. The first kappa shape index (κ1) is 10.9. The smallest absolute Gasteiger partial charge is 0.104 e. The van der Waals surface area contributed by atoms with E-state index in [2.05, 4.69) is 26.5 Å². The standard InChI is InChI=1S/C13H13N5/c1-8-2-3-9-6-10(4-5-11(9)16-8)13(14)12-7-15-18-17-12/h2-7,13H,14H2,1H3,(H,15,17,18). The van der Waals surface area contributed by atoms with Gasteiger partial charge in [-0.15, -0.1) is 0 Å². The van der Waals surface area contributed by atoms with E-state index >= 15 is 0 Å². The van der Waals surface area contributed by atoms with Crippen molar-refractivity contribution >= 4 is 10.9 Å². The van der Waals surface area contributed by atoms with Crippen LogP contribution in [0.5, 0.6) is 0 Å². The molecule has 2 aromatic heterocycles. The molecule has 0 aliphatic rings. The zero-order valence-corrected chi connectivity index (χ0v) is 9.96. The van der Waals surface area contributed by atoms with Crippen molar-refractivity contribution in [3.05, 3.63) is 53.5 Å². The highest BCUT2D eigenvalue weighted by molar-refractivity contribution is 5.79. The van der Waals surface area contributed by atoms with Crippen molar-refractivity contribution in [2.45, 2.75) is 13.0 Å². The second-order valence-corrected chi connectivity index (χ2v) is 4.28. The zero-order valence-electron chi connectivity index (χ0n) is 9.96. The molecule has 0 amide bonds. The van der Waals surface area contributed by atoms with Gasteiger partial charge in [0.1, 0.15) is 5.69 Å². The largest absolute Gasteiger partial charge is 0.319 e. The average molecular weight is 239 g/mol. The van der Waals surface area contributed by atoms with E-state index in [0.29, 0.717) is 0 Å². The van der Waals surface area contributed by atoms with Gasteiger partial charge in [0.2, 0.25) is 0 Å². The summed E-state index contributed by atoms with van der Waals surface area (Å²) < 4.78 is 0. The van der Waals surface area contributed by atoms with Crippen LogP contribution in [0.3, 0.4) is 0 Å². The van der Waals surface area contributed by atoms with Crippen molar-refractivity contribution in [2.75, 3.05) is 0 Å². The molecular weight excluding hydrogens is 226 g/mol. The normalized spacial score (nSPS) is 12.8. The number of benzene rings is 1. The number of hydrogen-bond acceptors (Lipinski definition) is 4. The Balaban J connectivity index is 2.06. The Bertz CT molecular complexity index is 675. The minimum atomic E-state index is -0.269. The number of nitrogens with two attached hydrogens (primary N) is 1. The summed E-state index contributed by atoms with van der Waals surface area (Å²) in [5.74, 6) is 0. The fraction of sp³-hybridized carbons (Fsp3) is 0.154. The summed E-state index contributed by atoms with van der Waals surface area (Å²) in [7, 11) is 0. The van der Waals surface area contributed by atoms with Crippen LogP contribution in [0, 0.1) is 6.92 Å². The van der Waals surface area contributed by atoms with E-state index in [1.807, 2.05) is 31.2 Å². The van der Waals surface area contributed by atoms with Gasteiger partial charge in [0.25, 0.3) is 0 Å². The van der Waals surface area contributed by atoms with Crippen LogP contribution in [0.2, 0.25) is 0 Å². The molecule has 3 aromatic rings. The molecule has 0 aliphatic heterocycles. The Morgan fingerprint density at radius 2 is 2.11 bits per heavy atom. The Kier molecular flexibility index (Phi) is 2.53. The molecule has 5 heteroatoms. The van der Waals surface area contributed by atoms with E-state index in [9.17, 15) is 0 Å². The molecule has 0 saturated carbocycles. The van der Waals surface area contributed by atoms with Crippen molar-refractivity contribution < 1.29 is 0 Å². The molecule has 3 rings (SSSR count). The third-order valence-corrected chi connectivity index (χ3v) is 2.96. The molecule has 0 radical (unpaired) electrons. The summed E-state index contributed by atoms with van der Waals surface area (Å²) >= 11 is 0. The van der Waals surface area contributed by atoms with Gasteiger partial charge >= 0.3 is 0 Å². The predicted octanol–water partition coefficient (Wildman–Crippen LogP) is 1.71. The predicted molar refractivity (Wildman–Crippen MR) is 68.9 cm³/mol. The van der Waals surface area contributed by atoms with Gasteiger partial charge in [-0.1, -0.05) is 12.1 Å². The SMILES string of the molecule is Cc1ccc2cc(C(N)c3cn[nH]n3)ccc2n1. The topological polar surface area (TPSA) is 80.5 Å². The maximum Gasteiger partial charge on any atom is 0.104 e. The lowest BCUT2D eigenvalue weighted by Gasteiger charge is -2.09. The molecule has 0 bridgehead atoms. The molecule has 2 heterocycles. The fourth-order valence-corrected chi connectivity index (χ4v) is 1.97. The molecule has 0 aliphatic carbocycles.